The molecule has 1 saturated carbocycles. The number of rotatable bonds is 9. The van der Waals surface area contributed by atoms with Gasteiger partial charge in [0.1, 0.15) is 5.41 Å². The Balaban J connectivity index is 1.39. The van der Waals surface area contributed by atoms with Crippen molar-refractivity contribution in [2.24, 2.45) is 17.1 Å². The molecule has 41 heavy (non-hydrogen) atoms. The Kier molecular flexibility index (Phi) is 9.48. The number of amides is 2. The number of nitrogens with zero attached hydrogens (tertiary/aromatic N) is 1. The van der Waals surface area contributed by atoms with Gasteiger partial charge in [-0.25, -0.2) is 0 Å². The summed E-state index contributed by atoms with van der Waals surface area (Å²) >= 11 is 0. The molecule has 0 bridgehead atoms. The van der Waals surface area contributed by atoms with E-state index in [1.807, 2.05) is 60.7 Å². The normalized spacial score (nSPS) is 17.6. The average molecular weight is 567 g/mol. The van der Waals surface area contributed by atoms with Crippen molar-refractivity contribution in [3.8, 4) is 22.4 Å². The third-order valence-corrected chi connectivity index (χ3v) is 7.85. The molecule has 1 heterocycles. The van der Waals surface area contributed by atoms with Crippen LogP contribution in [0.15, 0.2) is 66.9 Å². The second-order valence-corrected chi connectivity index (χ2v) is 11.3. The van der Waals surface area contributed by atoms with Crippen LogP contribution in [0.3, 0.4) is 0 Å². The van der Waals surface area contributed by atoms with Crippen LogP contribution in [0.25, 0.3) is 22.4 Å². The second kappa shape index (κ2) is 12.9. The molecule has 6 nitrogen and oxygen atoms in total. The van der Waals surface area contributed by atoms with E-state index in [0.29, 0.717) is 44.3 Å². The molecule has 3 aromatic rings. The third-order valence-electron chi connectivity index (χ3n) is 7.85. The van der Waals surface area contributed by atoms with Gasteiger partial charge in [-0.2, -0.15) is 13.2 Å². The number of anilines is 1. The fourth-order valence-corrected chi connectivity index (χ4v) is 5.08. The quantitative estimate of drug-likeness (QED) is 0.275. The minimum Gasteiger partial charge on any atom is -0.353 e. The smallest absolute Gasteiger partial charge is 0.353 e. The first kappa shape index (κ1) is 30.2. The van der Waals surface area contributed by atoms with Gasteiger partial charge in [-0.3, -0.25) is 14.6 Å². The molecule has 4 rings (SSSR count). The molecule has 0 radical (unpaired) electrons. The van der Waals surface area contributed by atoms with E-state index in [1.165, 1.54) is 0 Å². The van der Waals surface area contributed by atoms with E-state index >= 15 is 0 Å². The number of carbonyl (C=O) groups excluding carboxylic acids is 2. The van der Waals surface area contributed by atoms with Crippen LogP contribution >= 0.6 is 0 Å². The summed E-state index contributed by atoms with van der Waals surface area (Å²) in [7, 11) is 0. The zero-order valence-corrected chi connectivity index (χ0v) is 23.4. The van der Waals surface area contributed by atoms with E-state index < -0.39 is 17.5 Å². The molecule has 4 N–H and O–H groups in total. The molecule has 0 saturated heterocycles. The molecule has 2 amide bonds. The molecule has 2 aromatic carbocycles. The molecule has 0 unspecified atom stereocenters. The summed E-state index contributed by atoms with van der Waals surface area (Å²) in [5.74, 6) is -1.06. The second-order valence-electron chi connectivity index (χ2n) is 11.3. The third kappa shape index (κ3) is 7.52. The van der Waals surface area contributed by atoms with Crippen LogP contribution in [0.5, 0.6) is 0 Å². The maximum absolute atomic E-state index is 13.2. The lowest BCUT2D eigenvalue weighted by molar-refractivity contribution is -0.211. The lowest BCUT2D eigenvalue weighted by Crippen LogP contribution is -2.50. The number of carbonyl (C=O) groups is 2. The molecule has 0 aliphatic heterocycles. The van der Waals surface area contributed by atoms with E-state index in [1.54, 1.807) is 6.20 Å². The zero-order chi connectivity index (χ0) is 29.6. The van der Waals surface area contributed by atoms with Crippen LogP contribution in [-0.2, 0) is 16.0 Å². The topological polar surface area (TPSA) is 97.1 Å². The van der Waals surface area contributed by atoms with Crippen molar-refractivity contribution in [1.82, 2.24) is 10.3 Å². The van der Waals surface area contributed by atoms with Crippen LogP contribution in [0.2, 0.25) is 0 Å². The minimum absolute atomic E-state index is 0.0895. The number of halogens is 3. The van der Waals surface area contributed by atoms with Gasteiger partial charge in [0, 0.05) is 23.6 Å². The monoisotopic (exact) mass is 566 g/mol. The Morgan fingerprint density at radius 1 is 0.951 bits per heavy atom. The van der Waals surface area contributed by atoms with Gasteiger partial charge < -0.3 is 16.4 Å². The number of alkyl halides is 3. The first-order valence-electron chi connectivity index (χ1n) is 14.0. The lowest BCUT2D eigenvalue weighted by Gasteiger charge is -2.32. The summed E-state index contributed by atoms with van der Waals surface area (Å²) in [4.78, 5) is 29.9. The number of hydrogen-bond acceptors (Lipinski definition) is 4. The van der Waals surface area contributed by atoms with Gasteiger partial charge in [0.15, 0.2) is 0 Å². The van der Waals surface area contributed by atoms with Crippen molar-refractivity contribution in [3.63, 3.8) is 0 Å². The molecule has 218 valence electrons. The van der Waals surface area contributed by atoms with E-state index in [4.69, 9.17) is 10.7 Å². The summed E-state index contributed by atoms with van der Waals surface area (Å²) < 4.78 is 39.5. The van der Waals surface area contributed by atoms with Crippen molar-refractivity contribution in [3.05, 3.63) is 72.4 Å². The highest BCUT2D eigenvalue weighted by atomic mass is 19.4. The molecule has 0 atom stereocenters. The zero-order valence-electron chi connectivity index (χ0n) is 23.4. The Morgan fingerprint density at radius 3 is 2.22 bits per heavy atom. The summed E-state index contributed by atoms with van der Waals surface area (Å²) in [6.45, 7) is 2.36. The van der Waals surface area contributed by atoms with Crippen LogP contribution in [-0.4, -0.2) is 35.6 Å². The summed E-state index contributed by atoms with van der Waals surface area (Å²) in [6, 6.07) is 19.6. The van der Waals surface area contributed by atoms with E-state index in [0.717, 1.165) is 48.2 Å². The van der Waals surface area contributed by atoms with E-state index in [-0.39, 0.29) is 17.9 Å². The number of pyridine rings is 1. The van der Waals surface area contributed by atoms with Gasteiger partial charge in [0.2, 0.25) is 11.8 Å². The molecular formula is C32H37F3N4O2. The van der Waals surface area contributed by atoms with Crippen LogP contribution in [0, 0.1) is 11.3 Å². The van der Waals surface area contributed by atoms with Crippen LogP contribution in [0.1, 0.15) is 51.5 Å². The van der Waals surface area contributed by atoms with Crippen molar-refractivity contribution < 1.29 is 22.8 Å². The van der Waals surface area contributed by atoms with Crippen molar-refractivity contribution in [2.45, 2.75) is 64.6 Å². The standard InChI is InChI=1S/C32H37F3N4O2/c1-31(2,32(33,34)35)30(41)39-25-14-10-22(11-15-25)18-28(40)38-26-19-27(23-6-4-3-5-7-23)29(37-20-26)24-12-8-21(9-13-24)16-17-36/h3-9,12-13,19-20,22,25H,10-11,14-18,36H2,1-2H3,(H,38,40)(H,39,41). The number of aromatic nitrogens is 1. The number of benzene rings is 2. The van der Waals surface area contributed by atoms with E-state index in [2.05, 4.69) is 10.6 Å². The SMILES string of the molecule is CC(C)(C(=O)NC1CCC(CC(=O)Nc2cnc(-c3ccc(CCN)cc3)c(-c3ccccc3)c2)CC1)C(F)(F)F. The van der Waals surface area contributed by atoms with Gasteiger partial charge >= 0.3 is 6.18 Å². The Morgan fingerprint density at radius 2 is 1.61 bits per heavy atom. The maximum atomic E-state index is 13.2. The van der Waals surface area contributed by atoms with E-state index in [9.17, 15) is 22.8 Å². The number of hydrogen-bond donors (Lipinski definition) is 3. The number of nitrogens with two attached hydrogens (primary N) is 1. The van der Waals surface area contributed by atoms with Gasteiger partial charge in [-0.15, -0.1) is 0 Å². The van der Waals surface area contributed by atoms with Crippen molar-refractivity contribution in [2.75, 3.05) is 11.9 Å². The molecule has 1 fully saturated rings. The fraction of sp³-hybridized carbons (Fsp3) is 0.406. The lowest BCUT2D eigenvalue weighted by atomic mass is 9.83. The molecule has 9 heteroatoms. The largest absolute Gasteiger partial charge is 0.402 e. The maximum Gasteiger partial charge on any atom is 0.402 e. The molecule has 1 aliphatic rings. The average Bonchev–Trinajstić information content (AvgIpc) is 2.94. The summed E-state index contributed by atoms with van der Waals surface area (Å²) in [5, 5.41) is 5.53. The Hall–Kier alpha value is -3.72. The molecule has 1 aromatic heterocycles. The highest BCUT2D eigenvalue weighted by Crippen LogP contribution is 2.38. The highest BCUT2D eigenvalue weighted by Gasteiger charge is 2.53. The van der Waals surface area contributed by atoms with Crippen molar-refractivity contribution in [1.29, 1.82) is 0 Å². The summed E-state index contributed by atoms with van der Waals surface area (Å²) in [5.41, 5.74) is 8.63. The predicted octanol–water partition coefficient (Wildman–Crippen LogP) is 6.51. The van der Waals surface area contributed by atoms with Crippen molar-refractivity contribution >= 4 is 17.5 Å². The Labute approximate surface area is 238 Å². The number of nitrogens with one attached hydrogen (secondary N) is 2. The molecule has 1 aliphatic carbocycles. The fourth-order valence-electron chi connectivity index (χ4n) is 5.08. The van der Waals surface area contributed by atoms with Gasteiger partial charge in [-0.1, -0.05) is 54.6 Å². The predicted molar refractivity (Wildman–Crippen MR) is 155 cm³/mol. The Bertz CT molecular complexity index is 1330. The summed E-state index contributed by atoms with van der Waals surface area (Å²) in [6.07, 6.45) is 0.509. The molecule has 0 spiro atoms. The van der Waals surface area contributed by atoms with Crippen LogP contribution in [0.4, 0.5) is 18.9 Å². The molecular weight excluding hydrogens is 529 g/mol. The first-order chi connectivity index (χ1) is 19.5. The van der Waals surface area contributed by atoms with Gasteiger partial charge in [0.05, 0.1) is 17.6 Å². The first-order valence-corrected chi connectivity index (χ1v) is 14.0. The van der Waals surface area contributed by atoms with Gasteiger partial charge in [0.25, 0.3) is 0 Å². The highest BCUT2D eigenvalue weighted by molar-refractivity contribution is 5.93. The minimum atomic E-state index is -4.62. The van der Waals surface area contributed by atoms with Crippen LogP contribution < -0.4 is 16.4 Å². The van der Waals surface area contributed by atoms with Gasteiger partial charge in [-0.05, 0) is 75.6 Å².